The molecule has 0 aromatic carbocycles. The van der Waals surface area contributed by atoms with E-state index in [4.69, 9.17) is 0 Å². The lowest BCUT2D eigenvalue weighted by Crippen LogP contribution is -2.70. The summed E-state index contributed by atoms with van der Waals surface area (Å²) in [7, 11) is 0. The molecule has 7 nitrogen and oxygen atoms in total. The predicted octanol–water partition coefficient (Wildman–Crippen LogP) is 1.36. The van der Waals surface area contributed by atoms with Crippen molar-refractivity contribution in [3.8, 4) is 0 Å². The Morgan fingerprint density at radius 3 is 2.81 bits per heavy atom. The largest absolute Gasteiger partial charge is 0.337 e. The first-order chi connectivity index (χ1) is 12.4. The summed E-state index contributed by atoms with van der Waals surface area (Å²) >= 11 is 0. The fourth-order valence-electron chi connectivity index (χ4n) is 3.70. The third kappa shape index (κ3) is 3.30. The Morgan fingerprint density at radius 2 is 2.15 bits per heavy atom. The van der Waals surface area contributed by atoms with Crippen molar-refractivity contribution in [3.05, 3.63) is 30.1 Å². The molecule has 2 unspecified atom stereocenters. The maximum Gasteiger partial charge on any atom is 0.257 e. The van der Waals surface area contributed by atoms with Crippen molar-refractivity contribution in [1.29, 1.82) is 0 Å². The van der Waals surface area contributed by atoms with Crippen LogP contribution in [0, 0.1) is 5.92 Å². The fourth-order valence-corrected chi connectivity index (χ4v) is 3.70. The van der Waals surface area contributed by atoms with Crippen LogP contribution in [0.5, 0.6) is 0 Å². The molecule has 2 saturated heterocycles. The molecule has 0 spiro atoms. The Labute approximate surface area is 154 Å². The zero-order valence-corrected chi connectivity index (χ0v) is 15.6. The maximum absolute atomic E-state index is 13.0. The average Bonchev–Trinajstić information content (AvgIpc) is 2.66. The van der Waals surface area contributed by atoms with Crippen molar-refractivity contribution in [2.24, 2.45) is 5.92 Å². The van der Waals surface area contributed by atoms with Crippen LogP contribution in [0.1, 0.15) is 44.0 Å². The van der Waals surface area contributed by atoms with Crippen molar-refractivity contribution < 1.29 is 14.4 Å². The number of amides is 3. The minimum Gasteiger partial charge on any atom is -0.337 e. The van der Waals surface area contributed by atoms with Crippen LogP contribution in [0.15, 0.2) is 24.5 Å². The summed E-state index contributed by atoms with van der Waals surface area (Å²) in [5.74, 6) is 0.130. The average molecular weight is 358 g/mol. The van der Waals surface area contributed by atoms with E-state index in [9.17, 15) is 14.4 Å². The third-order valence-electron chi connectivity index (χ3n) is 5.40. The SMILES string of the molecule is CCC(C)CN1CC2N(C(=O)c3cccnc3)CCC(=O)N2[C@@H](C)C1=O. The van der Waals surface area contributed by atoms with E-state index in [-0.39, 0.29) is 24.1 Å². The Bertz CT molecular complexity index is 693. The van der Waals surface area contributed by atoms with Crippen LogP contribution >= 0.6 is 0 Å². The zero-order valence-electron chi connectivity index (χ0n) is 15.6. The highest BCUT2D eigenvalue weighted by molar-refractivity contribution is 5.96. The first kappa shape index (κ1) is 18.4. The standard InChI is InChI=1S/C19H26N4O3/c1-4-13(2)11-21-12-16-22(19(26)15-6-5-8-20-10-15)9-7-17(24)23(16)14(3)18(21)25/h5-6,8,10,13-14,16H,4,7,9,11-12H2,1-3H3/t13?,14-,16?/m0/s1. The lowest BCUT2D eigenvalue weighted by atomic mass is 10.0. The van der Waals surface area contributed by atoms with Gasteiger partial charge in [-0.05, 0) is 25.0 Å². The van der Waals surface area contributed by atoms with Crippen LogP contribution in [0.4, 0.5) is 0 Å². The summed E-state index contributed by atoms with van der Waals surface area (Å²) in [5.41, 5.74) is 0.500. The Kier molecular flexibility index (Phi) is 5.25. The second kappa shape index (κ2) is 7.43. The molecule has 26 heavy (non-hydrogen) atoms. The predicted molar refractivity (Wildman–Crippen MR) is 96.0 cm³/mol. The van der Waals surface area contributed by atoms with Gasteiger partial charge in [-0.3, -0.25) is 19.4 Å². The summed E-state index contributed by atoms with van der Waals surface area (Å²) < 4.78 is 0. The smallest absolute Gasteiger partial charge is 0.257 e. The molecule has 0 saturated carbocycles. The molecule has 2 aliphatic rings. The minimum atomic E-state index is -0.546. The molecule has 0 bridgehead atoms. The number of nitrogens with zero attached hydrogens (tertiary/aromatic N) is 4. The molecule has 3 rings (SSSR count). The number of hydrogen-bond acceptors (Lipinski definition) is 4. The molecule has 1 aromatic heterocycles. The fraction of sp³-hybridized carbons (Fsp3) is 0.579. The van der Waals surface area contributed by atoms with E-state index >= 15 is 0 Å². The van der Waals surface area contributed by atoms with Gasteiger partial charge in [-0.2, -0.15) is 0 Å². The van der Waals surface area contributed by atoms with E-state index in [0.717, 1.165) is 6.42 Å². The number of piperazine rings is 1. The number of fused-ring (bicyclic) bond motifs is 1. The first-order valence-corrected chi connectivity index (χ1v) is 9.25. The van der Waals surface area contributed by atoms with Crippen molar-refractivity contribution in [3.63, 3.8) is 0 Å². The third-order valence-corrected chi connectivity index (χ3v) is 5.40. The van der Waals surface area contributed by atoms with Crippen molar-refractivity contribution in [1.82, 2.24) is 19.7 Å². The van der Waals surface area contributed by atoms with Gasteiger partial charge in [0.15, 0.2) is 0 Å². The molecular formula is C19H26N4O3. The molecule has 0 radical (unpaired) electrons. The molecule has 2 aliphatic heterocycles. The minimum absolute atomic E-state index is 0.0365. The lowest BCUT2D eigenvalue weighted by molar-refractivity contribution is -0.166. The Morgan fingerprint density at radius 1 is 1.38 bits per heavy atom. The van der Waals surface area contributed by atoms with Crippen molar-refractivity contribution in [2.45, 2.75) is 45.8 Å². The molecular weight excluding hydrogens is 332 g/mol. The highest BCUT2D eigenvalue weighted by atomic mass is 16.2. The van der Waals surface area contributed by atoms with Crippen LogP contribution in [0.2, 0.25) is 0 Å². The number of rotatable bonds is 4. The van der Waals surface area contributed by atoms with Gasteiger partial charge in [-0.25, -0.2) is 0 Å². The van der Waals surface area contributed by atoms with Crippen molar-refractivity contribution in [2.75, 3.05) is 19.6 Å². The van der Waals surface area contributed by atoms with Gasteiger partial charge >= 0.3 is 0 Å². The number of pyridine rings is 1. The van der Waals surface area contributed by atoms with Gasteiger partial charge < -0.3 is 14.7 Å². The molecule has 140 valence electrons. The van der Waals surface area contributed by atoms with Gasteiger partial charge in [0, 0.05) is 31.9 Å². The van der Waals surface area contributed by atoms with Gasteiger partial charge in [0.2, 0.25) is 11.8 Å². The molecule has 0 aliphatic carbocycles. The second-order valence-electron chi connectivity index (χ2n) is 7.20. The normalized spacial score (nSPS) is 24.5. The molecule has 2 fully saturated rings. The maximum atomic E-state index is 13.0. The molecule has 0 N–H and O–H groups in total. The highest BCUT2D eigenvalue weighted by Gasteiger charge is 2.47. The lowest BCUT2D eigenvalue weighted by Gasteiger charge is -2.51. The summed E-state index contributed by atoms with van der Waals surface area (Å²) in [6.45, 7) is 7.34. The summed E-state index contributed by atoms with van der Waals surface area (Å²) in [6.07, 6.45) is 3.96. The van der Waals surface area contributed by atoms with Gasteiger partial charge in [-0.1, -0.05) is 20.3 Å². The molecule has 3 amide bonds. The topological polar surface area (TPSA) is 73.8 Å². The first-order valence-electron chi connectivity index (χ1n) is 9.25. The quantitative estimate of drug-likeness (QED) is 0.815. The molecule has 3 heterocycles. The second-order valence-corrected chi connectivity index (χ2v) is 7.20. The van der Waals surface area contributed by atoms with Gasteiger partial charge in [0.1, 0.15) is 12.2 Å². The molecule has 1 aromatic rings. The summed E-state index contributed by atoms with van der Waals surface area (Å²) in [6, 6.07) is 2.90. The summed E-state index contributed by atoms with van der Waals surface area (Å²) in [5, 5.41) is 0. The van der Waals surface area contributed by atoms with Crippen molar-refractivity contribution >= 4 is 17.7 Å². The van der Waals surface area contributed by atoms with E-state index in [2.05, 4.69) is 18.8 Å². The van der Waals surface area contributed by atoms with Gasteiger partial charge in [-0.15, -0.1) is 0 Å². The Balaban J connectivity index is 1.88. The van der Waals surface area contributed by atoms with Gasteiger partial charge in [0.25, 0.3) is 5.91 Å². The van der Waals surface area contributed by atoms with Crippen LogP contribution in [-0.4, -0.2) is 69.2 Å². The highest BCUT2D eigenvalue weighted by Crippen LogP contribution is 2.27. The number of carbonyl (C=O) groups excluding carboxylic acids is 3. The van der Waals surface area contributed by atoms with E-state index in [1.54, 1.807) is 35.1 Å². The Hall–Kier alpha value is -2.44. The van der Waals surface area contributed by atoms with Crippen LogP contribution < -0.4 is 0 Å². The van der Waals surface area contributed by atoms with E-state index in [1.807, 2.05) is 4.90 Å². The molecule has 3 atom stereocenters. The van der Waals surface area contributed by atoms with Crippen LogP contribution in [0.3, 0.4) is 0 Å². The van der Waals surface area contributed by atoms with E-state index in [1.165, 1.54) is 6.20 Å². The molecule has 7 heteroatoms. The number of carbonyl (C=O) groups is 3. The number of aromatic nitrogens is 1. The van der Waals surface area contributed by atoms with E-state index in [0.29, 0.717) is 31.1 Å². The monoisotopic (exact) mass is 358 g/mol. The number of hydrogen-bond donors (Lipinski definition) is 0. The van der Waals surface area contributed by atoms with Gasteiger partial charge in [0.05, 0.1) is 12.1 Å². The summed E-state index contributed by atoms with van der Waals surface area (Å²) in [4.78, 5) is 47.3. The zero-order chi connectivity index (χ0) is 18.8. The van der Waals surface area contributed by atoms with Crippen LogP contribution in [0.25, 0.3) is 0 Å². The van der Waals surface area contributed by atoms with E-state index < -0.39 is 12.2 Å². The van der Waals surface area contributed by atoms with Crippen LogP contribution in [-0.2, 0) is 9.59 Å².